The number of aliphatic carboxylic acids is 1. The molecule has 0 bridgehead atoms. The Morgan fingerprint density at radius 1 is 1.29 bits per heavy atom. The Bertz CT molecular complexity index is 465. The Balaban J connectivity index is 2.54. The standard InChI is InChI=1S/C12H16O4S/c1-10(12(13)14)9-17(15,16)8-7-11-5-3-2-4-6-11/h2-6,10H,7-9H2,1H3,(H,13,14). The molecular weight excluding hydrogens is 240 g/mol. The van der Waals surface area contributed by atoms with Gasteiger partial charge in [0.15, 0.2) is 9.84 Å². The number of aryl methyl sites for hydroxylation is 1. The van der Waals surface area contributed by atoms with E-state index in [0.717, 1.165) is 5.56 Å². The van der Waals surface area contributed by atoms with E-state index >= 15 is 0 Å². The van der Waals surface area contributed by atoms with Gasteiger partial charge >= 0.3 is 5.97 Å². The molecule has 0 spiro atoms. The molecule has 0 saturated heterocycles. The van der Waals surface area contributed by atoms with E-state index in [4.69, 9.17) is 5.11 Å². The van der Waals surface area contributed by atoms with Crippen molar-refractivity contribution < 1.29 is 18.3 Å². The summed E-state index contributed by atoms with van der Waals surface area (Å²) in [5, 5.41) is 8.67. The average Bonchev–Trinajstić information content (AvgIpc) is 2.27. The van der Waals surface area contributed by atoms with Crippen LogP contribution >= 0.6 is 0 Å². The summed E-state index contributed by atoms with van der Waals surface area (Å²) in [6, 6.07) is 9.28. The van der Waals surface area contributed by atoms with E-state index in [9.17, 15) is 13.2 Å². The molecule has 0 aromatic heterocycles. The third-order valence-corrected chi connectivity index (χ3v) is 4.30. The summed E-state index contributed by atoms with van der Waals surface area (Å²) < 4.78 is 23.3. The molecule has 0 heterocycles. The van der Waals surface area contributed by atoms with Gasteiger partial charge in [-0.15, -0.1) is 0 Å². The predicted octanol–water partition coefficient (Wildman–Crippen LogP) is 1.36. The van der Waals surface area contributed by atoms with Crippen molar-refractivity contribution in [1.82, 2.24) is 0 Å². The van der Waals surface area contributed by atoms with Crippen LogP contribution in [-0.2, 0) is 21.1 Å². The van der Waals surface area contributed by atoms with Gasteiger partial charge in [-0.05, 0) is 12.0 Å². The van der Waals surface area contributed by atoms with Crippen molar-refractivity contribution >= 4 is 15.8 Å². The summed E-state index contributed by atoms with van der Waals surface area (Å²) in [5.41, 5.74) is 0.944. The maximum absolute atomic E-state index is 11.7. The van der Waals surface area contributed by atoms with Gasteiger partial charge in [0.05, 0.1) is 17.4 Å². The van der Waals surface area contributed by atoms with Crippen molar-refractivity contribution in [3.63, 3.8) is 0 Å². The normalized spacial score (nSPS) is 13.2. The summed E-state index contributed by atoms with van der Waals surface area (Å²) in [6.07, 6.45) is 0.426. The fourth-order valence-electron chi connectivity index (χ4n) is 1.45. The van der Waals surface area contributed by atoms with Crippen molar-refractivity contribution in [2.45, 2.75) is 13.3 Å². The van der Waals surface area contributed by atoms with Gasteiger partial charge < -0.3 is 5.11 Å². The molecule has 0 aliphatic carbocycles. The molecule has 17 heavy (non-hydrogen) atoms. The molecule has 0 aliphatic rings. The fraction of sp³-hybridized carbons (Fsp3) is 0.417. The number of benzene rings is 1. The molecule has 5 heteroatoms. The summed E-state index contributed by atoms with van der Waals surface area (Å²) in [7, 11) is -3.30. The van der Waals surface area contributed by atoms with Crippen molar-refractivity contribution in [2.24, 2.45) is 5.92 Å². The van der Waals surface area contributed by atoms with Crippen LogP contribution in [0, 0.1) is 5.92 Å². The highest BCUT2D eigenvalue weighted by Gasteiger charge is 2.20. The van der Waals surface area contributed by atoms with Crippen LogP contribution in [-0.4, -0.2) is 31.0 Å². The minimum Gasteiger partial charge on any atom is -0.481 e. The zero-order chi connectivity index (χ0) is 12.9. The number of hydrogen-bond acceptors (Lipinski definition) is 3. The lowest BCUT2D eigenvalue weighted by atomic mass is 10.2. The van der Waals surface area contributed by atoms with E-state index in [1.165, 1.54) is 6.92 Å². The number of sulfone groups is 1. The molecule has 1 atom stereocenters. The number of rotatable bonds is 6. The Labute approximate surface area is 101 Å². The van der Waals surface area contributed by atoms with E-state index in [1.54, 1.807) is 0 Å². The predicted molar refractivity (Wildman–Crippen MR) is 65.6 cm³/mol. The zero-order valence-electron chi connectivity index (χ0n) is 9.67. The second kappa shape index (κ2) is 5.82. The van der Waals surface area contributed by atoms with Crippen molar-refractivity contribution in [3.8, 4) is 0 Å². The Hall–Kier alpha value is -1.36. The van der Waals surface area contributed by atoms with Crippen LogP contribution in [0.15, 0.2) is 30.3 Å². The van der Waals surface area contributed by atoms with E-state index < -0.39 is 21.7 Å². The lowest BCUT2D eigenvalue weighted by molar-refractivity contribution is -0.140. The second-order valence-electron chi connectivity index (χ2n) is 4.09. The Kier molecular flexibility index (Phi) is 4.69. The molecule has 1 rings (SSSR count). The first-order chi connectivity index (χ1) is 7.91. The van der Waals surface area contributed by atoms with E-state index in [1.807, 2.05) is 30.3 Å². The van der Waals surface area contributed by atoms with Gasteiger partial charge in [0, 0.05) is 0 Å². The largest absolute Gasteiger partial charge is 0.481 e. The van der Waals surface area contributed by atoms with Crippen LogP contribution in [0.5, 0.6) is 0 Å². The summed E-state index contributed by atoms with van der Waals surface area (Å²) >= 11 is 0. The first-order valence-electron chi connectivity index (χ1n) is 5.38. The maximum atomic E-state index is 11.7. The highest BCUT2D eigenvalue weighted by Crippen LogP contribution is 2.06. The molecule has 0 aliphatic heterocycles. The molecule has 1 aromatic rings. The van der Waals surface area contributed by atoms with Crippen LogP contribution in [0.2, 0.25) is 0 Å². The van der Waals surface area contributed by atoms with Gasteiger partial charge in [0.25, 0.3) is 0 Å². The van der Waals surface area contributed by atoms with Gasteiger partial charge in [-0.3, -0.25) is 4.79 Å². The summed E-state index contributed by atoms with van der Waals surface area (Å²) in [6.45, 7) is 1.41. The second-order valence-corrected chi connectivity index (χ2v) is 6.32. The zero-order valence-corrected chi connectivity index (χ0v) is 10.5. The van der Waals surface area contributed by atoms with Gasteiger partial charge in [-0.25, -0.2) is 8.42 Å². The first kappa shape index (κ1) is 13.7. The minimum absolute atomic E-state index is 0.00532. The highest BCUT2D eigenvalue weighted by atomic mass is 32.2. The lowest BCUT2D eigenvalue weighted by Gasteiger charge is -2.07. The number of carboxylic acid groups (broad SMARTS) is 1. The van der Waals surface area contributed by atoms with Gasteiger partial charge in [0.1, 0.15) is 0 Å². The number of carbonyl (C=O) groups is 1. The van der Waals surface area contributed by atoms with Crippen LogP contribution < -0.4 is 0 Å². The van der Waals surface area contributed by atoms with Crippen LogP contribution in [0.4, 0.5) is 0 Å². The average molecular weight is 256 g/mol. The van der Waals surface area contributed by atoms with E-state index in [0.29, 0.717) is 6.42 Å². The SMILES string of the molecule is CC(CS(=O)(=O)CCc1ccccc1)C(=O)O. The highest BCUT2D eigenvalue weighted by molar-refractivity contribution is 7.91. The van der Waals surface area contributed by atoms with Gasteiger partial charge in [0.2, 0.25) is 0 Å². The molecule has 1 unspecified atom stereocenters. The molecule has 1 aromatic carbocycles. The van der Waals surface area contributed by atoms with Crippen LogP contribution in [0.25, 0.3) is 0 Å². The number of hydrogen-bond donors (Lipinski definition) is 1. The fourth-order valence-corrected chi connectivity index (χ4v) is 3.07. The summed E-state index contributed by atoms with van der Waals surface area (Å²) in [5.74, 6) is -2.23. The van der Waals surface area contributed by atoms with Crippen molar-refractivity contribution in [2.75, 3.05) is 11.5 Å². The molecule has 0 amide bonds. The Morgan fingerprint density at radius 2 is 1.88 bits per heavy atom. The summed E-state index contributed by atoms with van der Waals surface area (Å²) in [4.78, 5) is 10.6. The molecule has 0 radical (unpaired) electrons. The molecular formula is C12H16O4S. The molecule has 0 saturated carbocycles. The van der Waals surface area contributed by atoms with Crippen LogP contribution in [0.1, 0.15) is 12.5 Å². The molecule has 1 N–H and O–H groups in total. The molecule has 0 fully saturated rings. The Morgan fingerprint density at radius 3 is 2.41 bits per heavy atom. The monoisotopic (exact) mass is 256 g/mol. The quantitative estimate of drug-likeness (QED) is 0.834. The van der Waals surface area contributed by atoms with Crippen molar-refractivity contribution in [3.05, 3.63) is 35.9 Å². The molecule has 4 nitrogen and oxygen atoms in total. The third kappa shape index (κ3) is 4.99. The third-order valence-electron chi connectivity index (χ3n) is 2.47. The van der Waals surface area contributed by atoms with E-state index in [2.05, 4.69) is 0 Å². The van der Waals surface area contributed by atoms with Gasteiger partial charge in [-0.2, -0.15) is 0 Å². The van der Waals surface area contributed by atoms with Crippen LogP contribution in [0.3, 0.4) is 0 Å². The first-order valence-corrected chi connectivity index (χ1v) is 7.20. The van der Waals surface area contributed by atoms with Crippen molar-refractivity contribution in [1.29, 1.82) is 0 Å². The van der Waals surface area contributed by atoms with Gasteiger partial charge in [-0.1, -0.05) is 37.3 Å². The lowest BCUT2D eigenvalue weighted by Crippen LogP contribution is -2.23. The molecule has 94 valence electrons. The van der Waals surface area contributed by atoms with E-state index in [-0.39, 0.29) is 11.5 Å². The maximum Gasteiger partial charge on any atom is 0.307 e. The minimum atomic E-state index is -3.30. The number of carboxylic acids is 1. The smallest absolute Gasteiger partial charge is 0.307 e. The topological polar surface area (TPSA) is 71.4 Å².